The highest BCUT2D eigenvalue weighted by atomic mass is 32.2. The number of anilines is 1. The fourth-order valence-electron chi connectivity index (χ4n) is 4.15. The molecule has 3 N–H and O–H groups in total. The Morgan fingerprint density at radius 1 is 1.03 bits per heavy atom. The molecule has 176 valence electrons. The molecule has 10 nitrogen and oxygen atoms in total. The predicted molar refractivity (Wildman–Crippen MR) is 120 cm³/mol. The monoisotopic (exact) mass is 482 g/mol. The molecule has 2 heterocycles. The van der Waals surface area contributed by atoms with Crippen LogP contribution in [0.4, 0.5) is 5.69 Å². The molecule has 5 rings (SSSR count). The number of hydrogen-bond donors (Lipinski definition) is 3. The number of imide groups is 1. The SMILES string of the molecule is O=C1CCC(N2Cc3cc(NS(=O)(=O)c4cccc(C(=O)NC5CC5)c4)ccc3C2=O)C(=O)N1. The molecule has 11 heteroatoms. The Kier molecular flexibility index (Phi) is 5.35. The molecule has 1 saturated carbocycles. The first-order valence-corrected chi connectivity index (χ1v) is 12.4. The molecule has 1 unspecified atom stereocenters. The number of hydrogen-bond acceptors (Lipinski definition) is 6. The van der Waals surface area contributed by atoms with Gasteiger partial charge in [-0.25, -0.2) is 8.42 Å². The molecule has 0 bridgehead atoms. The average Bonchev–Trinajstić information content (AvgIpc) is 3.55. The van der Waals surface area contributed by atoms with Crippen molar-refractivity contribution in [3.63, 3.8) is 0 Å². The van der Waals surface area contributed by atoms with E-state index in [1.807, 2.05) is 0 Å². The summed E-state index contributed by atoms with van der Waals surface area (Å²) in [6.45, 7) is 0.132. The fourth-order valence-corrected chi connectivity index (χ4v) is 5.25. The van der Waals surface area contributed by atoms with Crippen LogP contribution in [-0.4, -0.2) is 49.0 Å². The highest BCUT2D eigenvalue weighted by Crippen LogP contribution is 2.30. The number of nitrogens with zero attached hydrogens (tertiary/aromatic N) is 1. The lowest BCUT2D eigenvalue weighted by molar-refractivity contribution is -0.136. The van der Waals surface area contributed by atoms with Crippen molar-refractivity contribution in [2.45, 2.75) is 49.2 Å². The predicted octanol–water partition coefficient (Wildman–Crippen LogP) is 1.14. The number of carbonyl (C=O) groups excluding carboxylic acids is 4. The smallest absolute Gasteiger partial charge is 0.261 e. The Bertz CT molecular complexity index is 1330. The number of fused-ring (bicyclic) bond motifs is 1. The van der Waals surface area contributed by atoms with Crippen LogP contribution in [0.15, 0.2) is 47.4 Å². The molecule has 2 aromatic carbocycles. The lowest BCUT2D eigenvalue weighted by atomic mass is 10.0. The van der Waals surface area contributed by atoms with E-state index in [1.54, 1.807) is 12.1 Å². The van der Waals surface area contributed by atoms with Crippen molar-refractivity contribution < 1.29 is 27.6 Å². The third-order valence-electron chi connectivity index (χ3n) is 6.09. The standard InChI is InChI=1S/C23H22N4O6S/c28-20-9-8-19(22(30)25-20)27-12-14-10-16(6-7-18(14)23(27)31)26-34(32,33)17-3-1-2-13(11-17)21(29)24-15-4-5-15/h1-3,6-7,10-11,15,19,26H,4-5,8-9,12H2,(H,24,29)(H,25,28,30). The lowest BCUT2D eigenvalue weighted by Gasteiger charge is -2.29. The Balaban J connectivity index is 1.33. The molecule has 4 amide bonds. The molecular formula is C23H22N4O6S. The van der Waals surface area contributed by atoms with Gasteiger partial charge in [0.15, 0.2) is 0 Å². The Hall–Kier alpha value is -3.73. The van der Waals surface area contributed by atoms with Crippen LogP contribution in [0.5, 0.6) is 0 Å². The topological polar surface area (TPSA) is 142 Å². The lowest BCUT2D eigenvalue weighted by Crippen LogP contribution is -2.52. The van der Waals surface area contributed by atoms with Crippen LogP contribution in [0.2, 0.25) is 0 Å². The van der Waals surface area contributed by atoms with Crippen molar-refractivity contribution in [2.24, 2.45) is 0 Å². The summed E-state index contributed by atoms with van der Waals surface area (Å²) in [4.78, 5) is 50.0. The Morgan fingerprint density at radius 3 is 2.56 bits per heavy atom. The summed E-state index contributed by atoms with van der Waals surface area (Å²) >= 11 is 0. The van der Waals surface area contributed by atoms with Gasteiger partial charge in [0.25, 0.3) is 21.8 Å². The van der Waals surface area contributed by atoms with Crippen molar-refractivity contribution in [1.29, 1.82) is 0 Å². The molecule has 0 aromatic heterocycles. The van der Waals surface area contributed by atoms with Crippen LogP contribution >= 0.6 is 0 Å². The van der Waals surface area contributed by atoms with Gasteiger partial charge in [-0.15, -0.1) is 0 Å². The zero-order valence-corrected chi connectivity index (χ0v) is 18.9. The normalized spacial score (nSPS) is 20.1. The Morgan fingerprint density at radius 2 is 1.82 bits per heavy atom. The molecule has 2 aliphatic heterocycles. The maximum Gasteiger partial charge on any atom is 0.261 e. The first-order valence-electron chi connectivity index (χ1n) is 10.9. The minimum absolute atomic E-state index is 0.0577. The van der Waals surface area contributed by atoms with Crippen LogP contribution in [-0.2, 0) is 26.2 Å². The number of nitrogens with one attached hydrogen (secondary N) is 3. The van der Waals surface area contributed by atoms with Gasteiger partial charge in [-0.3, -0.25) is 29.2 Å². The maximum absolute atomic E-state index is 13.0. The first kappa shape index (κ1) is 22.1. The number of piperidine rings is 1. The Labute approximate surface area is 195 Å². The molecule has 0 spiro atoms. The summed E-state index contributed by atoms with van der Waals surface area (Å²) in [6, 6.07) is 9.74. The summed E-state index contributed by atoms with van der Waals surface area (Å²) in [5.41, 5.74) is 1.47. The average molecular weight is 483 g/mol. The second-order valence-corrected chi connectivity index (χ2v) is 10.3. The van der Waals surface area contributed by atoms with Crippen LogP contribution in [0, 0.1) is 0 Å². The van der Waals surface area contributed by atoms with Crippen molar-refractivity contribution in [1.82, 2.24) is 15.5 Å². The summed E-state index contributed by atoms with van der Waals surface area (Å²) in [7, 11) is -3.99. The number of sulfonamides is 1. The van der Waals surface area contributed by atoms with E-state index in [1.165, 1.54) is 35.2 Å². The fraction of sp³-hybridized carbons (Fsp3) is 0.304. The van der Waals surface area contributed by atoms with E-state index in [4.69, 9.17) is 0 Å². The van der Waals surface area contributed by atoms with Crippen molar-refractivity contribution in [2.75, 3.05) is 4.72 Å². The molecule has 0 radical (unpaired) electrons. The third kappa shape index (κ3) is 4.26. The van der Waals surface area contributed by atoms with E-state index in [2.05, 4.69) is 15.4 Å². The molecular weight excluding hydrogens is 460 g/mol. The van der Waals surface area contributed by atoms with Gasteiger partial charge in [0.1, 0.15) is 6.04 Å². The number of benzene rings is 2. The van der Waals surface area contributed by atoms with Crippen LogP contribution < -0.4 is 15.4 Å². The second-order valence-electron chi connectivity index (χ2n) is 8.65. The zero-order valence-electron chi connectivity index (χ0n) is 18.0. The first-order chi connectivity index (χ1) is 16.2. The minimum Gasteiger partial charge on any atom is -0.349 e. The van der Waals surface area contributed by atoms with Crippen molar-refractivity contribution >= 4 is 39.3 Å². The summed E-state index contributed by atoms with van der Waals surface area (Å²) < 4.78 is 28.4. The van der Waals surface area contributed by atoms with Gasteiger partial charge in [0, 0.05) is 35.8 Å². The van der Waals surface area contributed by atoms with Gasteiger partial charge in [-0.1, -0.05) is 6.07 Å². The van der Waals surface area contributed by atoms with E-state index in [-0.39, 0.29) is 59.3 Å². The molecule has 1 atom stereocenters. The van der Waals surface area contributed by atoms with E-state index < -0.39 is 22.0 Å². The van der Waals surface area contributed by atoms with Gasteiger partial charge >= 0.3 is 0 Å². The second kappa shape index (κ2) is 8.24. The van der Waals surface area contributed by atoms with Crippen LogP contribution in [0.25, 0.3) is 0 Å². The molecule has 1 aliphatic carbocycles. The van der Waals surface area contributed by atoms with Gasteiger partial charge in [-0.2, -0.15) is 0 Å². The van der Waals surface area contributed by atoms with E-state index in [0.29, 0.717) is 11.1 Å². The van der Waals surface area contributed by atoms with Gasteiger partial charge in [0.05, 0.1) is 4.90 Å². The quantitative estimate of drug-likeness (QED) is 0.527. The van der Waals surface area contributed by atoms with Crippen LogP contribution in [0.3, 0.4) is 0 Å². The highest BCUT2D eigenvalue weighted by Gasteiger charge is 2.39. The van der Waals surface area contributed by atoms with E-state index in [0.717, 1.165) is 12.8 Å². The zero-order chi connectivity index (χ0) is 24.0. The third-order valence-corrected chi connectivity index (χ3v) is 7.47. The highest BCUT2D eigenvalue weighted by molar-refractivity contribution is 7.92. The molecule has 2 fully saturated rings. The van der Waals surface area contributed by atoms with E-state index >= 15 is 0 Å². The molecule has 34 heavy (non-hydrogen) atoms. The summed E-state index contributed by atoms with van der Waals surface area (Å²) in [5.74, 6) is -1.53. The number of amides is 4. The van der Waals surface area contributed by atoms with Crippen molar-refractivity contribution in [3.05, 3.63) is 59.2 Å². The van der Waals surface area contributed by atoms with Gasteiger partial charge in [-0.05, 0) is 61.2 Å². The maximum atomic E-state index is 13.0. The molecule has 1 saturated heterocycles. The van der Waals surface area contributed by atoms with Crippen molar-refractivity contribution in [3.8, 4) is 0 Å². The van der Waals surface area contributed by atoms with Crippen LogP contribution in [0.1, 0.15) is 52.0 Å². The van der Waals surface area contributed by atoms with Gasteiger partial charge < -0.3 is 10.2 Å². The number of rotatable bonds is 6. The number of carbonyl (C=O) groups is 4. The van der Waals surface area contributed by atoms with Gasteiger partial charge in [0.2, 0.25) is 11.8 Å². The summed E-state index contributed by atoms with van der Waals surface area (Å²) in [5, 5.41) is 5.08. The van der Waals surface area contributed by atoms with E-state index in [9.17, 15) is 27.6 Å². The molecule has 2 aromatic rings. The summed E-state index contributed by atoms with van der Waals surface area (Å²) in [6.07, 6.45) is 2.24. The molecule has 3 aliphatic rings. The largest absolute Gasteiger partial charge is 0.349 e. The minimum atomic E-state index is -3.99.